The standard InChI is InChI=1S/C17H18N4O5/c1-20-14-13(16(24)21(2)17(20)25)9(15(23)19-14)8-12(22)18-10-6-4-5-7-11(10)26-3/h4-7,9H,8H2,1-3H3,(H,18,22)(H,19,23)/t9-/m1/s1. The Bertz CT molecular complexity index is 1020. The van der Waals surface area contributed by atoms with Crippen LogP contribution < -0.4 is 26.6 Å². The maximum absolute atomic E-state index is 12.4. The first-order valence-corrected chi connectivity index (χ1v) is 7.88. The summed E-state index contributed by atoms with van der Waals surface area (Å²) in [4.78, 5) is 49.1. The third-order valence-electron chi connectivity index (χ3n) is 4.38. The number of hydrogen-bond acceptors (Lipinski definition) is 5. The predicted octanol–water partition coefficient (Wildman–Crippen LogP) is 0.157. The van der Waals surface area contributed by atoms with Gasteiger partial charge in [-0.3, -0.25) is 23.5 Å². The smallest absolute Gasteiger partial charge is 0.332 e. The number of aromatic nitrogens is 2. The average Bonchev–Trinajstić information content (AvgIpc) is 2.95. The monoisotopic (exact) mass is 358 g/mol. The van der Waals surface area contributed by atoms with Crippen molar-refractivity contribution in [2.45, 2.75) is 12.3 Å². The Morgan fingerprint density at radius 3 is 2.58 bits per heavy atom. The number of fused-ring (bicyclic) bond motifs is 1. The molecule has 1 aromatic carbocycles. The van der Waals surface area contributed by atoms with Crippen LogP contribution in [-0.4, -0.2) is 28.1 Å². The molecule has 0 saturated heterocycles. The Morgan fingerprint density at radius 1 is 1.19 bits per heavy atom. The van der Waals surface area contributed by atoms with Crippen molar-refractivity contribution < 1.29 is 14.3 Å². The summed E-state index contributed by atoms with van der Waals surface area (Å²) in [5.41, 5.74) is -0.550. The van der Waals surface area contributed by atoms with Crippen LogP contribution in [0.5, 0.6) is 5.75 Å². The zero-order valence-electron chi connectivity index (χ0n) is 14.5. The fourth-order valence-corrected chi connectivity index (χ4v) is 3.00. The van der Waals surface area contributed by atoms with Gasteiger partial charge in [-0.2, -0.15) is 0 Å². The molecular weight excluding hydrogens is 340 g/mol. The number of rotatable bonds is 4. The van der Waals surface area contributed by atoms with Crippen LogP contribution >= 0.6 is 0 Å². The van der Waals surface area contributed by atoms with Gasteiger partial charge in [0.25, 0.3) is 5.56 Å². The van der Waals surface area contributed by atoms with Crippen molar-refractivity contribution in [3.05, 3.63) is 50.7 Å². The highest BCUT2D eigenvalue weighted by Gasteiger charge is 2.37. The minimum absolute atomic E-state index is 0.120. The third kappa shape index (κ3) is 2.77. The van der Waals surface area contributed by atoms with Crippen LogP contribution in [0, 0.1) is 0 Å². The normalized spacial score (nSPS) is 15.3. The number of nitrogens with zero attached hydrogens (tertiary/aromatic N) is 2. The molecule has 1 aliphatic rings. The van der Waals surface area contributed by atoms with Crippen molar-refractivity contribution in [3.63, 3.8) is 0 Å². The second kappa shape index (κ2) is 6.51. The molecule has 0 fully saturated rings. The SMILES string of the molecule is COc1ccccc1NC(=O)C[C@H]1C(=O)Nc2c1c(=O)n(C)c(=O)n2C. The Morgan fingerprint density at radius 2 is 1.88 bits per heavy atom. The fraction of sp³-hybridized carbons (Fsp3) is 0.294. The first kappa shape index (κ1) is 17.5. The van der Waals surface area contributed by atoms with E-state index in [1.165, 1.54) is 25.8 Å². The van der Waals surface area contributed by atoms with Crippen LogP contribution in [0.2, 0.25) is 0 Å². The molecule has 0 radical (unpaired) electrons. The largest absolute Gasteiger partial charge is 0.495 e. The summed E-state index contributed by atoms with van der Waals surface area (Å²) in [7, 11) is 4.27. The molecular formula is C17H18N4O5. The van der Waals surface area contributed by atoms with Crippen LogP contribution in [0.15, 0.2) is 33.9 Å². The summed E-state index contributed by atoms with van der Waals surface area (Å²) in [6.07, 6.45) is -0.232. The van der Waals surface area contributed by atoms with E-state index < -0.39 is 29.0 Å². The summed E-state index contributed by atoms with van der Waals surface area (Å²) < 4.78 is 7.28. The number of nitrogens with one attached hydrogen (secondary N) is 2. The highest BCUT2D eigenvalue weighted by molar-refractivity contribution is 6.05. The Balaban J connectivity index is 1.91. The first-order chi connectivity index (χ1) is 12.3. The van der Waals surface area contributed by atoms with E-state index in [1.807, 2.05) is 0 Å². The third-order valence-corrected chi connectivity index (χ3v) is 4.38. The molecule has 9 nitrogen and oxygen atoms in total. The number of carbonyl (C=O) groups excluding carboxylic acids is 2. The van der Waals surface area contributed by atoms with Gasteiger partial charge in [0.05, 0.1) is 24.3 Å². The predicted molar refractivity (Wildman–Crippen MR) is 94.5 cm³/mol. The van der Waals surface area contributed by atoms with Crippen molar-refractivity contribution in [1.29, 1.82) is 0 Å². The van der Waals surface area contributed by atoms with Gasteiger partial charge in [0.2, 0.25) is 11.8 Å². The molecule has 9 heteroatoms. The molecule has 1 atom stereocenters. The van der Waals surface area contributed by atoms with E-state index >= 15 is 0 Å². The molecule has 2 N–H and O–H groups in total. The van der Waals surface area contributed by atoms with Gasteiger partial charge >= 0.3 is 5.69 Å². The average molecular weight is 358 g/mol. The molecule has 0 unspecified atom stereocenters. The minimum Gasteiger partial charge on any atom is -0.495 e. The molecule has 136 valence electrons. The van der Waals surface area contributed by atoms with Gasteiger partial charge in [-0.25, -0.2) is 4.79 Å². The lowest BCUT2D eigenvalue weighted by molar-refractivity contribution is -0.122. The molecule has 3 rings (SSSR count). The minimum atomic E-state index is -0.967. The maximum Gasteiger partial charge on any atom is 0.332 e. The van der Waals surface area contributed by atoms with E-state index in [-0.39, 0.29) is 17.8 Å². The number of para-hydroxylation sites is 2. The van der Waals surface area contributed by atoms with E-state index in [9.17, 15) is 19.2 Å². The summed E-state index contributed by atoms with van der Waals surface area (Å²) in [5.74, 6) is -1.29. The number of amides is 2. The number of methoxy groups -OCH3 is 1. The van der Waals surface area contributed by atoms with E-state index in [0.717, 1.165) is 4.57 Å². The van der Waals surface area contributed by atoms with Crippen molar-refractivity contribution >= 4 is 23.3 Å². The lowest BCUT2D eigenvalue weighted by Gasteiger charge is -2.12. The summed E-state index contributed by atoms with van der Waals surface area (Å²) in [5, 5.41) is 5.20. The first-order valence-electron chi connectivity index (χ1n) is 7.88. The van der Waals surface area contributed by atoms with Gasteiger partial charge in [-0.15, -0.1) is 0 Å². The molecule has 1 aliphatic heterocycles. The van der Waals surface area contributed by atoms with Crippen LogP contribution in [0.3, 0.4) is 0 Å². The van der Waals surface area contributed by atoms with E-state index in [1.54, 1.807) is 24.3 Å². The number of benzene rings is 1. The molecule has 0 saturated carbocycles. The zero-order valence-corrected chi connectivity index (χ0v) is 14.5. The van der Waals surface area contributed by atoms with E-state index in [0.29, 0.717) is 11.4 Å². The van der Waals surface area contributed by atoms with E-state index in [4.69, 9.17) is 4.74 Å². The zero-order chi connectivity index (χ0) is 19.0. The van der Waals surface area contributed by atoms with Gasteiger partial charge in [0.1, 0.15) is 11.6 Å². The molecule has 1 aromatic heterocycles. The lowest BCUT2D eigenvalue weighted by Crippen LogP contribution is -2.39. The van der Waals surface area contributed by atoms with Crippen molar-refractivity contribution in [1.82, 2.24) is 9.13 Å². The van der Waals surface area contributed by atoms with Gasteiger partial charge in [0, 0.05) is 20.5 Å². The van der Waals surface area contributed by atoms with Gasteiger partial charge < -0.3 is 15.4 Å². The number of ether oxygens (including phenoxy) is 1. The summed E-state index contributed by atoms with van der Waals surface area (Å²) in [6, 6.07) is 6.86. The molecule has 0 spiro atoms. The Kier molecular flexibility index (Phi) is 4.37. The molecule has 26 heavy (non-hydrogen) atoms. The second-order valence-electron chi connectivity index (χ2n) is 5.96. The highest BCUT2D eigenvalue weighted by atomic mass is 16.5. The quantitative estimate of drug-likeness (QED) is 0.809. The van der Waals surface area contributed by atoms with E-state index in [2.05, 4.69) is 10.6 Å². The fourth-order valence-electron chi connectivity index (χ4n) is 3.00. The molecule has 0 bridgehead atoms. The molecule has 2 amide bonds. The van der Waals surface area contributed by atoms with Crippen molar-refractivity contribution in [2.24, 2.45) is 14.1 Å². The van der Waals surface area contributed by atoms with Crippen LogP contribution in [-0.2, 0) is 23.7 Å². The number of anilines is 2. The molecule has 0 aliphatic carbocycles. The second-order valence-corrected chi connectivity index (χ2v) is 5.96. The van der Waals surface area contributed by atoms with Gasteiger partial charge in [-0.05, 0) is 12.1 Å². The summed E-state index contributed by atoms with van der Waals surface area (Å²) >= 11 is 0. The Labute approximate surface area is 148 Å². The molecule has 2 heterocycles. The molecule has 2 aromatic rings. The summed E-state index contributed by atoms with van der Waals surface area (Å²) in [6.45, 7) is 0. The van der Waals surface area contributed by atoms with Crippen molar-refractivity contribution in [2.75, 3.05) is 17.7 Å². The Hall–Kier alpha value is -3.36. The number of carbonyl (C=O) groups is 2. The van der Waals surface area contributed by atoms with Crippen molar-refractivity contribution in [3.8, 4) is 5.75 Å². The van der Waals surface area contributed by atoms with Crippen LogP contribution in [0.4, 0.5) is 11.5 Å². The van der Waals surface area contributed by atoms with Gasteiger partial charge in [-0.1, -0.05) is 12.1 Å². The van der Waals surface area contributed by atoms with Crippen LogP contribution in [0.25, 0.3) is 0 Å². The highest BCUT2D eigenvalue weighted by Crippen LogP contribution is 2.31. The maximum atomic E-state index is 12.4. The topological polar surface area (TPSA) is 111 Å². The van der Waals surface area contributed by atoms with Gasteiger partial charge in [0.15, 0.2) is 0 Å². The number of hydrogen-bond donors (Lipinski definition) is 2. The van der Waals surface area contributed by atoms with Crippen LogP contribution in [0.1, 0.15) is 17.9 Å². The lowest BCUT2D eigenvalue weighted by atomic mass is 9.99.